The number of anilines is 1. The minimum atomic E-state index is -0.823. The normalized spacial score (nSPS) is 13.6. The Labute approximate surface area is 231 Å². The molecule has 0 spiro atoms. The van der Waals surface area contributed by atoms with E-state index in [4.69, 9.17) is 10.00 Å². The van der Waals surface area contributed by atoms with Crippen molar-refractivity contribution in [2.45, 2.75) is 26.4 Å². The molecule has 1 aromatic heterocycles. The number of carboxylic acids is 1. The number of hydrogen-bond donors (Lipinski definition) is 1. The highest BCUT2D eigenvalue weighted by Gasteiger charge is 2.25. The summed E-state index contributed by atoms with van der Waals surface area (Å²) in [6.07, 6.45) is 1.01. The summed E-state index contributed by atoms with van der Waals surface area (Å²) in [5.41, 5.74) is 4.88. The lowest BCUT2D eigenvalue weighted by molar-refractivity contribution is -0.142. The van der Waals surface area contributed by atoms with Crippen LogP contribution in [0.5, 0.6) is 5.75 Å². The zero-order valence-electron chi connectivity index (χ0n) is 21.9. The highest BCUT2D eigenvalue weighted by molar-refractivity contribution is 5.71. The molecule has 1 aliphatic rings. The van der Waals surface area contributed by atoms with Gasteiger partial charge in [0.15, 0.2) is 11.6 Å². The number of aliphatic carboxylic acids is 1. The van der Waals surface area contributed by atoms with Crippen molar-refractivity contribution in [1.29, 1.82) is 5.26 Å². The quantitative estimate of drug-likeness (QED) is 0.279. The lowest BCUT2D eigenvalue weighted by Crippen LogP contribution is -2.36. The zero-order chi connectivity index (χ0) is 28.2. The van der Waals surface area contributed by atoms with Gasteiger partial charge in [-0.2, -0.15) is 5.26 Å². The molecule has 202 valence electrons. The maximum Gasteiger partial charge on any atom is 0.306 e. The number of nitrogens with zero attached hydrogens (tertiary/aromatic N) is 3. The molecule has 4 aromatic rings. The molecule has 0 aliphatic carbocycles. The third-order valence-corrected chi connectivity index (χ3v) is 7.25. The van der Waals surface area contributed by atoms with Crippen LogP contribution in [-0.2, 0) is 11.4 Å². The van der Waals surface area contributed by atoms with Gasteiger partial charge >= 0.3 is 5.97 Å². The molecule has 0 saturated carbocycles. The maximum atomic E-state index is 15.0. The van der Waals surface area contributed by atoms with Crippen molar-refractivity contribution < 1.29 is 23.4 Å². The topological polar surface area (TPSA) is 86.5 Å². The van der Waals surface area contributed by atoms with Crippen LogP contribution in [0.15, 0.2) is 72.8 Å². The van der Waals surface area contributed by atoms with Crippen LogP contribution in [0, 0.1) is 35.8 Å². The summed E-state index contributed by atoms with van der Waals surface area (Å²) >= 11 is 0. The second-order valence-corrected chi connectivity index (χ2v) is 9.86. The Kier molecular flexibility index (Phi) is 7.74. The van der Waals surface area contributed by atoms with Crippen LogP contribution < -0.4 is 9.64 Å². The number of aromatic nitrogens is 1. The van der Waals surface area contributed by atoms with E-state index in [2.05, 4.69) is 11.1 Å². The molecule has 0 amide bonds. The van der Waals surface area contributed by atoms with E-state index in [0.717, 1.165) is 28.3 Å². The first-order valence-corrected chi connectivity index (χ1v) is 13.0. The third kappa shape index (κ3) is 5.79. The van der Waals surface area contributed by atoms with E-state index in [1.54, 1.807) is 30.3 Å². The van der Waals surface area contributed by atoms with E-state index in [-0.39, 0.29) is 23.8 Å². The predicted octanol–water partition coefficient (Wildman–Crippen LogP) is 6.75. The molecule has 1 aliphatic heterocycles. The maximum absolute atomic E-state index is 15.0. The Balaban J connectivity index is 1.37. The number of benzene rings is 3. The number of carbonyl (C=O) groups is 1. The Hall–Kier alpha value is -4.77. The van der Waals surface area contributed by atoms with Gasteiger partial charge in [-0.05, 0) is 72.4 Å². The Bertz CT molecular complexity index is 1590. The van der Waals surface area contributed by atoms with Crippen molar-refractivity contribution in [3.63, 3.8) is 0 Å². The fourth-order valence-corrected chi connectivity index (χ4v) is 4.93. The number of ether oxygens (including phenoxy) is 1. The van der Waals surface area contributed by atoms with E-state index >= 15 is 4.39 Å². The Morgan fingerprint density at radius 3 is 2.45 bits per heavy atom. The summed E-state index contributed by atoms with van der Waals surface area (Å²) in [5.74, 6) is -2.21. The summed E-state index contributed by atoms with van der Waals surface area (Å²) in [6, 6.07) is 22.5. The van der Waals surface area contributed by atoms with Crippen LogP contribution in [0.4, 0.5) is 14.6 Å². The van der Waals surface area contributed by atoms with Gasteiger partial charge < -0.3 is 14.7 Å². The summed E-state index contributed by atoms with van der Waals surface area (Å²) in [6.45, 7) is 3.07. The van der Waals surface area contributed by atoms with E-state index in [0.29, 0.717) is 43.0 Å². The summed E-state index contributed by atoms with van der Waals surface area (Å²) in [7, 11) is 0. The fraction of sp³-hybridized carbons (Fsp3) is 0.219. The van der Waals surface area contributed by atoms with Crippen molar-refractivity contribution in [2.24, 2.45) is 5.92 Å². The van der Waals surface area contributed by atoms with Crippen LogP contribution in [0.3, 0.4) is 0 Å². The van der Waals surface area contributed by atoms with Gasteiger partial charge in [-0.3, -0.25) is 4.79 Å². The second kappa shape index (κ2) is 11.5. The SMILES string of the molecule is Cc1cc(-c2ccc(C#N)cc2)ccc1COc1c(F)cc(F)cc1-c1cccc(N2CCC(C(=O)O)CC2)n1. The summed E-state index contributed by atoms with van der Waals surface area (Å²) < 4.78 is 35.3. The molecule has 6 nitrogen and oxygen atoms in total. The summed E-state index contributed by atoms with van der Waals surface area (Å²) in [4.78, 5) is 17.9. The minimum absolute atomic E-state index is 0.0669. The lowest BCUT2D eigenvalue weighted by Gasteiger charge is -2.31. The summed E-state index contributed by atoms with van der Waals surface area (Å²) in [5, 5.41) is 18.3. The van der Waals surface area contributed by atoms with Gasteiger partial charge in [0.2, 0.25) is 0 Å². The van der Waals surface area contributed by atoms with Gasteiger partial charge in [0, 0.05) is 24.7 Å². The molecule has 2 heterocycles. The highest BCUT2D eigenvalue weighted by Crippen LogP contribution is 2.35. The average Bonchev–Trinajstić information content (AvgIpc) is 2.97. The van der Waals surface area contributed by atoms with Crippen molar-refractivity contribution in [2.75, 3.05) is 18.0 Å². The standard InChI is InChI=1S/C32H27F2N3O3/c1-20-15-24(22-7-5-21(18-35)6-8-22)9-10-25(20)19-40-31-27(16-26(33)17-28(31)34)29-3-2-4-30(36-29)37-13-11-23(12-14-37)32(38)39/h2-10,15-17,23H,11-14,19H2,1H3,(H,38,39). The smallest absolute Gasteiger partial charge is 0.306 e. The number of carboxylic acid groups (broad SMARTS) is 1. The number of halogens is 2. The Morgan fingerprint density at radius 1 is 1.05 bits per heavy atom. The van der Waals surface area contributed by atoms with E-state index in [9.17, 15) is 14.3 Å². The molecule has 3 aromatic carbocycles. The molecule has 1 fully saturated rings. The molecule has 5 rings (SSSR count). The number of hydrogen-bond acceptors (Lipinski definition) is 5. The number of pyridine rings is 1. The molecule has 0 radical (unpaired) electrons. The number of piperidine rings is 1. The molecule has 0 bridgehead atoms. The van der Waals surface area contributed by atoms with Gasteiger partial charge in [-0.25, -0.2) is 13.8 Å². The van der Waals surface area contributed by atoms with Crippen molar-refractivity contribution >= 4 is 11.8 Å². The predicted molar refractivity (Wildman–Crippen MR) is 148 cm³/mol. The highest BCUT2D eigenvalue weighted by atomic mass is 19.1. The first-order chi connectivity index (χ1) is 19.3. The van der Waals surface area contributed by atoms with Crippen LogP contribution in [0.1, 0.15) is 29.5 Å². The first-order valence-electron chi connectivity index (χ1n) is 13.0. The van der Waals surface area contributed by atoms with Crippen LogP contribution >= 0.6 is 0 Å². The molecular formula is C32H27F2N3O3. The van der Waals surface area contributed by atoms with Crippen LogP contribution in [-0.4, -0.2) is 29.1 Å². The lowest BCUT2D eigenvalue weighted by atomic mass is 9.97. The number of nitriles is 1. The number of rotatable bonds is 7. The molecule has 1 N–H and O–H groups in total. The van der Waals surface area contributed by atoms with Crippen molar-refractivity contribution in [1.82, 2.24) is 4.98 Å². The molecule has 0 unspecified atom stereocenters. The molecule has 40 heavy (non-hydrogen) atoms. The third-order valence-electron chi connectivity index (χ3n) is 7.25. The minimum Gasteiger partial charge on any atom is -0.485 e. The molecule has 1 saturated heterocycles. The van der Waals surface area contributed by atoms with E-state index in [1.165, 1.54) is 6.07 Å². The number of aryl methyl sites for hydroxylation is 1. The van der Waals surface area contributed by atoms with Crippen molar-refractivity contribution in [3.8, 4) is 34.2 Å². The van der Waals surface area contributed by atoms with Crippen LogP contribution in [0.2, 0.25) is 0 Å². The van der Waals surface area contributed by atoms with Gasteiger partial charge in [0.05, 0.1) is 23.2 Å². The van der Waals surface area contributed by atoms with Crippen molar-refractivity contribution in [3.05, 3.63) is 101 Å². The molecule has 8 heteroatoms. The Morgan fingerprint density at radius 2 is 1.77 bits per heavy atom. The van der Waals surface area contributed by atoms with Gasteiger partial charge in [-0.15, -0.1) is 0 Å². The van der Waals surface area contributed by atoms with E-state index in [1.807, 2.05) is 42.2 Å². The van der Waals surface area contributed by atoms with Crippen LogP contribution in [0.25, 0.3) is 22.4 Å². The van der Waals surface area contributed by atoms with Gasteiger partial charge in [0.1, 0.15) is 18.2 Å². The van der Waals surface area contributed by atoms with Gasteiger partial charge in [0.25, 0.3) is 0 Å². The zero-order valence-corrected chi connectivity index (χ0v) is 21.9. The van der Waals surface area contributed by atoms with Gasteiger partial charge in [-0.1, -0.05) is 36.4 Å². The largest absolute Gasteiger partial charge is 0.485 e. The monoisotopic (exact) mass is 539 g/mol. The molecular weight excluding hydrogens is 512 g/mol. The molecule has 0 atom stereocenters. The average molecular weight is 540 g/mol. The first kappa shape index (κ1) is 26.8. The van der Waals surface area contributed by atoms with E-state index < -0.39 is 17.6 Å². The second-order valence-electron chi connectivity index (χ2n) is 9.86. The fourth-order valence-electron chi connectivity index (χ4n) is 4.93.